The molecule has 2 heterocycles. The highest BCUT2D eigenvalue weighted by atomic mass is 16.5. The van der Waals surface area contributed by atoms with Gasteiger partial charge in [-0.3, -0.25) is 4.79 Å². The Labute approximate surface area is 149 Å². The maximum Gasteiger partial charge on any atom is 0.406 e. The lowest BCUT2D eigenvalue weighted by molar-refractivity contribution is 0.1000. The molecule has 134 valence electrons. The first kappa shape index (κ1) is 17.2. The van der Waals surface area contributed by atoms with Crippen molar-refractivity contribution in [3.8, 4) is 11.3 Å². The number of nitrogens with two attached hydrogens (primary N) is 1. The van der Waals surface area contributed by atoms with Crippen molar-refractivity contribution in [2.24, 2.45) is 5.73 Å². The van der Waals surface area contributed by atoms with Gasteiger partial charge < -0.3 is 21.1 Å². The summed E-state index contributed by atoms with van der Waals surface area (Å²) in [6.07, 6.45) is 1.23. The summed E-state index contributed by atoms with van der Waals surface area (Å²) < 4.78 is 6.61. The smallest absolute Gasteiger partial charge is 0.406 e. The summed E-state index contributed by atoms with van der Waals surface area (Å²) in [5, 5.41) is 9.96. The lowest BCUT2D eigenvalue weighted by atomic mass is 10.1. The minimum Gasteiger partial charge on any atom is -0.448 e. The second-order valence-electron chi connectivity index (χ2n) is 5.39. The van der Waals surface area contributed by atoms with Gasteiger partial charge in [-0.15, -0.1) is 5.10 Å². The number of nitrogens with zero attached hydrogens (tertiary/aromatic N) is 3. The Hall–Kier alpha value is -3.62. The molecular weight excluding hydrogens is 336 g/mol. The van der Waals surface area contributed by atoms with E-state index in [-0.39, 0.29) is 6.61 Å². The van der Waals surface area contributed by atoms with Crippen LogP contribution in [-0.2, 0) is 4.74 Å². The molecule has 4 N–H and O–H groups in total. The molecule has 9 heteroatoms. The van der Waals surface area contributed by atoms with Crippen LogP contribution < -0.4 is 16.4 Å². The molecule has 0 fully saturated rings. The molecule has 2 amide bonds. The second kappa shape index (κ2) is 7.51. The minimum atomic E-state index is -0.480. The zero-order valence-corrected chi connectivity index (χ0v) is 14.1. The van der Waals surface area contributed by atoms with Crippen LogP contribution in [0.1, 0.15) is 10.4 Å². The molecule has 3 aromatic rings. The molecule has 0 atom stereocenters. The molecule has 9 nitrogen and oxygen atoms in total. The highest BCUT2D eigenvalue weighted by Gasteiger charge is 2.09. The van der Waals surface area contributed by atoms with E-state index in [9.17, 15) is 9.59 Å². The van der Waals surface area contributed by atoms with Crippen molar-refractivity contribution in [3.63, 3.8) is 0 Å². The number of amides is 2. The van der Waals surface area contributed by atoms with Gasteiger partial charge in [-0.2, -0.15) is 0 Å². The van der Waals surface area contributed by atoms with Crippen molar-refractivity contribution in [2.75, 3.05) is 25.5 Å². The van der Waals surface area contributed by atoms with E-state index in [1.165, 1.54) is 7.05 Å². The number of alkyl carbamates (subject to hydrolysis) is 1. The fourth-order valence-corrected chi connectivity index (χ4v) is 2.36. The molecule has 26 heavy (non-hydrogen) atoms. The Balaban J connectivity index is 1.77. The summed E-state index contributed by atoms with van der Waals surface area (Å²) in [5.74, 6) is 0.143. The third kappa shape index (κ3) is 3.72. The number of carbonyl (C=O) groups is 2. The van der Waals surface area contributed by atoms with Crippen LogP contribution in [0.3, 0.4) is 0 Å². The molecular formula is C17H18N6O3. The Morgan fingerprint density at radius 1 is 1.19 bits per heavy atom. The van der Waals surface area contributed by atoms with Gasteiger partial charge in [0.25, 0.3) is 0 Å². The number of hydrogen-bond acceptors (Lipinski definition) is 6. The van der Waals surface area contributed by atoms with Gasteiger partial charge in [-0.05, 0) is 24.3 Å². The predicted molar refractivity (Wildman–Crippen MR) is 95.8 cm³/mol. The Morgan fingerprint density at radius 2 is 1.96 bits per heavy atom. The summed E-state index contributed by atoms with van der Waals surface area (Å²) in [7, 11) is 1.50. The predicted octanol–water partition coefficient (Wildman–Crippen LogP) is 1.26. The van der Waals surface area contributed by atoms with Crippen LogP contribution in [-0.4, -0.2) is 46.8 Å². The zero-order chi connectivity index (χ0) is 18.5. The van der Waals surface area contributed by atoms with Crippen molar-refractivity contribution < 1.29 is 14.3 Å². The summed E-state index contributed by atoms with van der Waals surface area (Å²) in [5.41, 5.74) is 8.03. The van der Waals surface area contributed by atoms with E-state index < -0.39 is 12.0 Å². The van der Waals surface area contributed by atoms with Crippen LogP contribution in [0.25, 0.3) is 16.9 Å². The molecule has 3 rings (SSSR count). The van der Waals surface area contributed by atoms with Crippen LogP contribution >= 0.6 is 0 Å². The van der Waals surface area contributed by atoms with Gasteiger partial charge in [-0.1, -0.05) is 12.1 Å². The van der Waals surface area contributed by atoms with Gasteiger partial charge >= 0.3 is 6.09 Å². The first-order valence-corrected chi connectivity index (χ1v) is 7.92. The van der Waals surface area contributed by atoms with Gasteiger partial charge in [0.15, 0.2) is 5.65 Å². The lowest BCUT2D eigenvalue weighted by Crippen LogP contribution is -2.22. The highest BCUT2D eigenvalue weighted by molar-refractivity contribution is 5.93. The van der Waals surface area contributed by atoms with Crippen LogP contribution in [0, 0.1) is 0 Å². The van der Waals surface area contributed by atoms with Gasteiger partial charge in [0.2, 0.25) is 5.91 Å². The van der Waals surface area contributed by atoms with Crippen LogP contribution in [0.5, 0.6) is 0 Å². The molecule has 0 bridgehead atoms. The van der Waals surface area contributed by atoms with E-state index in [1.807, 2.05) is 6.07 Å². The maximum absolute atomic E-state index is 11.2. The van der Waals surface area contributed by atoms with E-state index in [0.717, 1.165) is 11.3 Å². The highest BCUT2D eigenvalue weighted by Crippen LogP contribution is 2.21. The van der Waals surface area contributed by atoms with E-state index in [0.29, 0.717) is 23.6 Å². The molecule has 0 spiro atoms. The molecule has 0 radical (unpaired) electrons. The number of imidazole rings is 1. The molecule has 0 aliphatic heterocycles. The average molecular weight is 354 g/mol. The third-order valence-electron chi connectivity index (χ3n) is 3.67. The quantitative estimate of drug-likeness (QED) is 0.573. The zero-order valence-electron chi connectivity index (χ0n) is 14.1. The number of anilines is 1. The largest absolute Gasteiger partial charge is 0.448 e. The van der Waals surface area contributed by atoms with Gasteiger partial charge in [-0.25, -0.2) is 14.3 Å². The molecule has 0 saturated heterocycles. The van der Waals surface area contributed by atoms with Gasteiger partial charge in [0, 0.05) is 18.2 Å². The number of hydrogen-bond donors (Lipinski definition) is 3. The number of carbonyl (C=O) groups excluding carboxylic acids is 2. The van der Waals surface area contributed by atoms with Crippen molar-refractivity contribution in [1.82, 2.24) is 19.9 Å². The van der Waals surface area contributed by atoms with Crippen molar-refractivity contribution in [2.45, 2.75) is 0 Å². The monoisotopic (exact) mass is 354 g/mol. The molecule has 1 aromatic carbocycles. The molecule has 0 aliphatic rings. The van der Waals surface area contributed by atoms with Gasteiger partial charge in [0.05, 0.1) is 18.4 Å². The number of fused-ring (bicyclic) bond motifs is 1. The molecule has 0 unspecified atom stereocenters. The number of benzene rings is 1. The number of aromatic nitrogens is 3. The maximum atomic E-state index is 11.2. The number of nitrogens with one attached hydrogen (secondary N) is 2. The third-order valence-corrected chi connectivity index (χ3v) is 3.67. The van der Waals surface area contributed by atoms with Gasteiger partial charge in [0.1, 0.15) is 12.4 Å². The van der Waals surface area contributed by atoms with Crippen LogP contribution in [0.2, 0.25) is 0 Å². The summed E-state index contributed by atoms with van der Waals surface area (Å²) >= 11 is 0. The SMILES string of the molecule is CNC(=O)OCCNc1ccc2ncc(-c3ccc(C(N)=O)cc3)n2n1. The van der Waals surface area contributed by atoms with Crippen molar-refractivity contribution >= 4 is 23.5 Å². The molecule has 2 aromatic heterocycles. The summed E-state index contributed by atoms with van der Waals surface area (Å²) in [6, 6.07) is 10.5. The van der Waals surface area contributed by atoms with Crippen molar-refractivity contribution in [3.05, 3.63) is 48.2 Å². The average Bonchev–Trinajstić information content (AvgIpc) is 3.08. The Bertz CT molecular complexity index is 935. The Morgan fingerprint density at radius 3 is 2.65 bits per heavy atom. The standard InChI is InChI=1S/C17H18N6O3/c1-19-17(25)26-9-8-20-14-6-7-15-21-10-13(23(15)22-14)11-2-4-12(5-3-11)16(18)24/h2-7,10H,8-9H2,1H3,(H2,18,24)(H,19,25)(H,20,22). The minimum absolute atomic E-state index is 0.213. The van der Waals surface area contributed by atoms with E-state index >= 15 is 0 Å². The van der Waals surface area contributed by atoms with E-state index in [2.05, 4.69) is 20.7 Å². The molecule has 0 aliphatic carbocycles. The summed E-state index contributed by atoms with van der Waals surface area (Å²) in [4.78, 5) is 26.5. The fourth-order valence-electron chi connectivity index (χ4n) is 2.36. The number of rotatable bonds is 6. The van der Waals surface area contributed by atoms with Crippen molar-refractivity contribution in [1.29, 1.82) is 0 Å². The molecule has 0 saturated carbocycles. The number of primary amides is 1. The Kier molecular flexibility index (Phi) is 4.97. The topological polar surface area (TPSA) is 124 Å². The number of ether oxygens (including phenoxy) is 1. The fraction of sp³-hybridized carbons (Fsp3) is 0.176. The normalized spacial score (nSPS) is 10.5. The summed E-state index contributed by atoms with van der Waals surface area (Å²) in [6.45, 7) is 0.633. The van der Waals surface area contributed by atoms with E-state index in [4.69, 9.17) is 10.5 Å². The van der Waals surface area contributed by atoms with Crippen LogP contribution in [0.15, 0.2) is 42.6 Å². The first-order chi connectivity index (χ1) is 12.6. The first-order valence-electron chi connectivity index (χ1n) is 7.92. The second-order valence-corrected chi connectivity index (χ2v) is 5.39. The van der Waals surface area contributed by atoms with Crippen LogP contribution in [0.4, 0.5) is 10.6 Å². The lowest BCUT2D eigenvalue weighted by Gasteiger charge is -2.08. The van der Waals surface area contributed by atoms with E-state index in [1.54, 1.807) is 41.0 Å².